The molecular weight excluding hydrogens is 244 g/mol. The van der Waals surface area contributed by atoms with Crippen LogP contribution in [0.2, 0.25) is 0 Å². The number of piperidine rings is 1. The molecule has 1 N–H and O–H groups in total. The van der Waals surface area contributed by atoms with Crippen LogP contribution in [0.3, 0.4) is 0 Å². The zero-order valence-electron chi connectivity index (χ0n) is 11.4. The largest absolute Gasteiger partial charge is 0.381 e. The third kappa shape index (κ3) is 3.64. The number of rotatable bonds is 4. The van der Waals surface area contributed by atoms with E-state index in [0.717, 1.165) is 38.2 Å². The summed E-state index contributed by atoms with van der Waals surface area (Å²) >= 11 is 0. The highest BCUT2D eigenvalue weighted by Crippen LogP contribution is 2.30. The first-order valence-corrected chi connectivity index (χ1v) is 6.51. The fourth-order valence-electron chi connectivity index (χ4n) is 2.25. The van der Waals surface area contributed by atoms with E-state index in [1.165, 1.54) is 12.3 Å². The maximum absolute atomic E-state index is 10.5. The van der Waals surface area contributed by atoms with Gasteiger partial charge in [0, 0.05) is 12.6 Å². The van der Waals surface area contributed by atoms with E-state index in [2.05, 4.69) is 29.2 Å². The maximum atomic E-state index is 10.5. The second-order valence-electron chi connectivity index (χ2n) is 5.63. The lowest BCUT2D eigenvalue weighted by molar-refractivity contribution is -0.389. The van der Waals surface area contributed by atoms with Crippen molar-refractivity contribution in [3.63, 3.8) is 0 Å². The zero-order chi connectivity index (χ0) is 13.9. The van der Waals surface area contributed by atoms with Crippen molar-refractivity contribution in [1.82, 2.24) is 9.88 Å². The number of nitrogens with one attached hydrogen (secondary N) is 1. The zero-order valence-corrected chi connectivity index (χ0v) is 11.4. The molecule has 0 unspecified atom stereocenters. The summed E-state index contributed by atoms with van der Waals surface area (Å²) in [6.45, 7) is 5.40. The molecule has 0 atom stereocenters. The summed E-state index contributed by atoms with van der Waals surface area (Å²) in [6, 6.07) is 3.14. The van der Waals surface area contributed by atoms with Gasteiger partial charge in [-0.2, -0.15) is 0 Å². The normalized spacial score (nSPS) is 19.1. The van der Waals surface area contributed by atoms with Crippen LogP contribution in [0.25, 0.3) is 0 Å². The predicted molar refractivity (Wildman–Crippen MR) is 74.2 cm³/mol. The molecule has 19 heavy (non-hydrogen) atoms. The molecule has 0 aromatic carbocycles. The van der Waals surface area contributed by atoms with Crippen molar-refractivity contribution in [2.45, 2.75) is 19.8 Å². The minimum absolute atomic E-state index is 0.115. The van der Waals surface area contributed by atoms with Crippen molar-refractivity contribution >= 4 is 11.5 Å². The topological polar surface area (TPSA) is 71.3 Å². The molecular formula is C13H20N4O2. The van der Waals surface area contributed by atoms with Crippen LogP contribution in [0.1, 0.15) is 19.8 Å². The lowest BCUT2D eigenvalue weighted by atomic mass is 9.80. The summed E-state index contributed by atoms with van der Waals surface area (Å²) in [5.41, 5.74) is 1.12. The monoisotopic (exact) mass is 264 g/mol. The minimum Gasteiger partial charge on any atom is -0.381 e. The first-order valence-electron chi connectivity index (χ1n) is 6.51. The molecule has 1 aliphatic rings. The summed E-state index contributed by atoms with van der Waals surface area (Å²) in [5.74, 6) is -0.115. The molecule has 1 aromatic rings. The number of pyridine rings is 1. The van der Waals surface area contributed by atoms with E-state index in [1.807, 2.05) is 0 Å². The Hall–Kier alpha value is -1.69. The number of anilines is 1. The van der Waals surface area contributed by atoms with Gasteiger partial charge in [0.05, 0.1) is 5.69 Å². The summed E-state index contributed by atoms with van der Waals surface area (Å²) in [5, 5.41) is 13.8. The van der Waals surface area contributed by atoms with E-state index in [-0.39, 0.29) is 11.2 Å². The average molecular weight is 264 g/mol. The lowest BCUT2D eigenvalue weighted by Gasteiger charge is -2.38. The fourth-order valence-corrected chi connectivity index (χ4v) is 2.25. The smallest absolute Gasteiger partial charge is 0.363 e. The Morgan fingerprint density at radius 1 is 1.47 bits per heavy atom. The first kappa shape index (κ1) is 13.7. The molecule has 6 heteroatoms. The van der Waals surface area contributed by atoms with Crippen LogP contribution in [0.5, 0.6) is 0 Å². The Balaban J connectivity index is 1.89. The summed E-state index contributed by atoms with van der Waals surface area (Å²) in [4.78, 5) is 16.2. The molecule has 0 aliphatic carbocycles. The first-order chi connectivity index (χ1) is 8.98. The van der Waals surface area contributed by atoms with Gasteiger partial charge in [-0.3, -0.25) is 0 Å². The number of nitrogens with zero attached hydrogens (tertiary/aromatic N) is 3. The molecule has 104 valence electrons. The molecule has 6 nitrogen and oxygen atoms in total. The SMILES string of the molecule is CN1CCC(C)(CNc2ccc([N+](=O)[O-])nc2)CC1. The van der Waals surface area contributed by atoms with Gasteiger partial charge < -0.3 is 20.3 Å². The van der Waals surface area contributed by atoms with Gasteiger partial charge in [-0.15, -0.1) is 0 Å². The second-order valence-corrected chi connectivity index (χ2v) is 5.63. The third-order valence-corrected chi connectivity index (χ3v) is 3.85. The van der Waals surface area contributed by atoms with E-state index in [4.69, 9.17) is 0 Å². The van der Waals surface area contributed by atoms with E-state index in [0.29, 0.717) is 0 Å². The molecule has 1 aromatic heterocycles. The van der Waals surface area contributed by atoms with Gasteiger partial charge in [0.25, 0.3) is 0 Å². The standard InChI is InChI=1S/C13H20N4O2/c1-13(5-7-16(2)8-6-13)10-15-11-3-4-12(14-9-11)17(18)19/h3-4,9,15H,5-8,10H2,1-2H3. The van der Waals surface area contributed by atoms with Gasteiger partial charge in [-0.05, 0) is 54.4 Å². The molecule has 2 rings (SSSR count). The van der Waals surface area contributed by atoms with E-state index in [9.17, 15) is 10.1 Å². The molecule has 0 spiro atoms. The molecule has 0 radical (unpaired) electrons. The summed E-state index contributed by atoms with van der Waals surface area (Å²) < 4.78 is 0. The van der Waals surface area contributed by atoms with Crippen molar-refractivity contribution in [2.24, 2.45) is 5.41 Å². The molecule has 0 amide bonds. The van der Waals surface area contributed by atoms with E-state index >= 15 is 0 Å². The van der Waals surface area contributed by atoms with Gasteiger partial charge in [-0.1, -0.05) is 6.92 Å². The van der Waals surface area contributed by atoms with Crippen LogP contribution >= 0.6 is 0 Å². The van der Waals surface area contributed by atoms with Crippen LogP contribution in [-0.2, 0) is 0 Å². The number of likely N-dealkylation sites (tertiary alicyclic amines) is 1. The Bertz CT molecular complexity index is 438. The van der Waals surface area contributed by atoms with Crippen molar-refractivity contribution < 1.29 is 4.92 Å². The lowest BCUT2D eigenvalue weighted by Crippen LogP contribution is -2.40. The molecule has 1 saturated heterocycles. The predicted octanol–water partition coefficient (Wildman–Crippen LogP) is 2.13. The fraction of sp³-hybridized carbons (Fsp3) is 0.615. The Morgan fingerprint density at radius 2 is 2.16 bits per heavy atom. The van der Waals surface area contributed by atoms with E-state index < -0.39 is 4.92 Å². The highest BCUT2D eigenvalue weighted by molar-refractivity contribution is 5.43. The molecule has 0 bridgehead atoms. The Morgan fingerprint density at radius 3 is 2.68 bits per heavy atom. The number of hydrogen-bond donors (Lipinski definition) is 1. The van der Waals surface area contributed by atoms with Crippen LogP contribution in [0.15, 0.2) is 18.3 Å². The van der Waals surface area contributed by atoms with Crippen LogP contribution in [0.4, 0.5) is 11.5 Å². The number of aromatic nitrogens is 1. The van der Waals surface area contributed by atoms with Crippen LogP contribution in [-0.4, -0.2) is 41.5 Å². The Labute approximate surface area is 113 Å². The highest BCUT2D eigenvalue weighted by atomic mass is 16.6. The summed E-state index contributed by atoms with van der Waals surface area (Å²) in [7, 11) is 2.15. The van der Waals surface area contributed by atoms with Gasteiger partial charge in [-0.25, -0.2) is 0 Å². The maximum Gasteiger partial charge on any atom is 0.363 e. The second kappa shape index (κ2) is 5.52. The molecule has 2 heterocycles. The highest BCUT2D eigenvalue weighted by Gasteiger charge is 2.28. The third-order valence-electron chi connectivity index (χ3n) is 3.85. The number of nitro groups is 1. The van der Waals surface area contributed by atoms with E-state index in [1.54, 1.807) is 6.07 Å². The minimum atomic E-state index is -0.484. The Kier molecular flexibility index (Phi) is 3.99. The van der Waals surface area contributed by atoms with Crippen LogP contribution < -0.4 is 5.32 Å². The van der Waals surface area contributed by atoms with Gasteiger partial charge in [0.15, 0.2) is 6.20 Å². The number of hydrogen-bond acceptors (Lipinski definition) is 5. The molecule has 1 aliphatic heterocycles. The van der Waals surface area contributed by atoms with Gasteiger partial charge >= 0.3 is 5.82 Å². The van der Waals surface area contributed by atoms with Crippen molar-refractivity contribution in [2.75, 3.05) is 32.0 Å². The van der Waals surface area contributed by atoms with Gasteiger partial charge in [0.1, 0.15) is 0 Å². The van der Waals surface area contributed by atoms with Crippen molar-refractivity contribution in [1.29, 1.82) is 0 Å². The molecule has 0 saturated carbocycles. The van der Waals surface area contributed by atoms with Crippen LogP contribution in [0, 0.1) is 15.5 Å². The summed E-state index contributed by atoms with van der Waals surface area (Å²) in [6.07, 6.45) is 3.85. The average Bonchev–Trinajstić information content (AvgIpc) is 2.41. The molecule has 1 fully saturated rings. The van der Waals surface area contributed by atoms with Crippen molar-refractivity contribution in [3.05, 3.63) is 28.4 Å². The quantitative estimate of drug-likeness (QED) is 0.666. The van der Waals surface area contributed by atoms with Gasteiger partial charge in [0.2, 0.25) is 0 Å². The van der Waals surface area contributed by atoms with Crippen molar-refractivity contribution in [3.8, 4) is 0 Å².